The van der Waals surface area contributed by atoms with Crippen LogP contribution in [0.1, 0.15) is 27.1 Å². The van der Waals surface area contributed by atoms with E-state index in [4.69, 9.17) is 14.2 Å². The van der Waals surface area contributed by atoms with Crippen molar-refractivity contribution in [1.82, 2.24) is 4.90 Å². The number of hydrogen-bond acceptors (Lipinski definition) is 6. The largest absolute Gasteiger partial charge is 0.493 e. The van der Waals surface area contributed by atoms with E-state index in [2.05, 4.69) is 0 Å². The minimum Gasteiger partial charge on any atom is -0.493 e. The summed E-state index contributed by atoms with van der Waals surface area (Å²) in [6.45, 7) is 1.43. The highest BCUT2D eigenvalue weighted by atomic mass is 19.1. The lowest BCUT2D eigenvalue weighted by Crippen LogP contribution is -2.46. The van der Waals surface area contributed by atoms with Crippen LogP contribution in [0.2, 0.25) is 0 Å². The second-order valence-electron chi connectivity index (χ2n) is 7.06. The number of amides is 1. The van der Waals surface area contributed by atoms with Crippen LogP contribution in [0.25, 0.3) is 0 Å². The number of halogens is 1. The molecule has 2 aromatic carbocycles. The van der Waals surface area contributed by atoms with Crippen LogP contribution < -0.4 is 9.47 Å². The highest BCUT2D eigenvalue weighted by molar-refractivity contribution is 6.13. The van der Waals surface area contributed by atoms with Crippen LogP contribution in [0.15, 0.2) is 42.5 Å². The second kappa shape index (κ2) is 10.2. The summed E-state index contributed by atoms with van der Waals surface area (Å²) in [7, 11) is 2.92. The number of Topliss-reactive ketones (excluding diaryl/α,β-unsaturated/α-hetero) is 2. The molecule has 0 radical (unpaired) electrons. The molecule has 1 aliphatic rings. The van der Waals surface area contributed by atoms with Crippen LogP contribution in [0, 0.1) is 11.7 Å². The summed E-state index contributed by atoms with van der Waals surface area (Å²) in [5.74, 6) is -2.24. The Labute approximate surface area is 179 Å². The minimum absolute atomic E-state index is 0.233. The maximum Gasteiger partial charge on any atom is 0.234 e. The predicted molar refractivity (Wildman–Crippen MR) is 110 cm³/mol. The Morgan fingerprint density at radius 1 is 0.968 bits per heavy atom. The smallest absolute Gasteiger partial charge is 0.234 e. The van der Waals surface area contributed by atoms with Gasteiger partial charge in [0, 0.05) is 30.6 Å². The van der Waals surface area contributed by atoms with Gasteiger partial charge in [-0.3, -0.25) is 14.4 Å². The maximum atomic E-state index is 13.3. The molecule has 1 heterocycles. The molecule has 0 aromatic heterocycles. The number of hydrogen-bond donors (Lipinski definition) is 0. The van der Waals surface area contributed by atoms with Gasteiger partial charge >= 0.3 is 0 Å². The van der Waals surface area contributed by atoms with Gasteiger partial charge in [-0.15, -0.1) is 0 Å². The van der Waals surface area contributed by atoms with Gasteiger partial charge in [0.2, 0.25) is 5.91 Å². The molecular weight excluding hydrogens is 405 g/mol. The molecule has 7 nitrogen and oxygen atoms in total. The van der Waals surface area contributed by atoms with E-state index in [9.17, 15) is 18.8 Å². The molecule has 1 amide bonds. The Morgan fingerprint density at radius 2 is 1.58 bits per heavy atom. The lowest BCUT2D eigenvalue weighted by Gasteiger charge is -2.30. The van der Waals surface area contributed by atoms with E-state index in [-0.39, 0.29) is 17.5 Å². The molecule has 0 N–H and O–H groups in total. The van der Waals surface area contributed by atoms with Gasteiger partial charge in [0.05, 0.1) is 27.4 Å². The first kappa shape index (κ1) is 22.4. The molecule has 164 valence electrons. The van der Waals surface area contributed by atoms with Gasteiger partial charge in [0.1, 0.15) is 11.7 Å². The molecule has 31 heavy (non-hydrogen) atoms. The molecule has 0 bridgehead atoms. The molecule has 1 fully saturated rings. The van der Waals surface area contributed by atoms with Gasteiger partial charge in [-0.25, -0.2) is 4.39 Å². The van der Waals surface area contributed by atoms with Crippen LogP contribution in [-0.2, 0) is 9.53 Å². The Bertz CT molecular complexity index is 953. The zero-order valence-electron chi connectivity index (χ0n) is 17.4. The van der Waals surface area contributed by atoms with Crippen LogP contribution in [0.4, 0.5) is 4.39 Å². The molecular formula is C23H24FNO6. The number of morpholine rings is 1. The first-order valence-corrected chi connectivity index (χ1v) is 9.86. The Morgan fingerprint density at radius 3 is 2.19 bits per heavy atom. The van der Waals surface area contributed by atoms with Gasteiger partial charge in [-0.05, 0) is 42.5 Å². The van der Waals surface area contributed by atoms with Crippen molar-refractivity contribution in [2.24, 2.45) is 5.92 Å². The summed E-state index contributed by atoms with van der Waals surface area (Å²) < 4.78 is 28.9. The monoisotopic (exact) mass is 429 g/mol. The molecule has 8 heteroatoms. The first-order valence-electron chi connectivity index (χ1n) is 9.86. The van der Waals surface area contributed by atoms with E-state index in [1.165, 1.54) is 55.5 Å². The molecule has 1 unspecified atom stereocenters. The zero-order valence-corrected chi connectivity index (χ0v) is 17.4. The van der Waals surface area contributed by atoms with E-state index in [0.29, 0.717) is 37.8 Å². The van der Waals surface area contributed by atoms with Gasteiger partial charge < -0.3 is 19.1 Å². The summed E-state index contributed by atoms with van der Waals surface area (Å²) >= 11 is 0. The standard InChI is InChI=1S/C23H24FNO6/c1-29-20-8-5-16(13-21(20)30-2)22(27)18(23(28)25-9-11-31-12-10-25)14-19(26)15-3-6-17(24)7-4-15/h3-8,13,18H,9-12,14H2,1-2H3. The van der Waals surface area contributed by atoms with Crippen molar-refractivity contribution in [3.05, 3.63) is 59.4 Å². The van der Waals surface area contributed by atoms with Crippen molar-refractivity contribution in [3.8, 4) is 11.5 Å². The van der Waals surface area contributed by atoms with Crippen molar-refractivity contribution < 1.29 is 33.0 Å². The highest BCUT2D eigenvalue weighted by Gasteiger charge is 2.34. The van der Waals surface area contributed by atoms with Gasteiger partial charge in [0.15, 0.2) is 23.1 Å². The van der Waals surface area contributed by atoms with Crippen LogP contribution in [0.3, 0.4) is 0 Å². The number of methoxy groups -OCH3 is 2. The average molecular weight is 429 g/mol. The third-order valence-corrected chi connectivity index (χ3v) is 5.16. The lowest BCUT2D eigenvalue weighted by molar-refractivity contribution is -0.138. The number of nitrogens with zero attached hydrogens (tertiary/aromatic N) is 1. The van der Waals surface area contributed by atoms with Gasteiger partial charge in [-0.2, -0.15) is 0 Å². The molecule has 2 aromatic rings. The Balaban J connectivity index is 1.90. The Kier molecular flexibility index (Phi) is 7.36. The quantitative estimate of drug-likeness (QED) is 0.474. The van der Waals surface area contributed by atoms with Crippen LogP contribution in [-0.4, -0.2) is 62.9 Å². The van der Waals surface area contributed by atoms with Crippen LogP contribution >= 0.6 is 0 Å². The second-order valence-corrected chi connectivity index (χ2v) is 7.06. The summed E-state index contributed by atoms with van der Waals surface area (Å²) in [4.78, 5) is 40.9. The molecule has 3 rings (SSSR count). The average Bonchev–Trinajstić information content (AvgIpc) is 2.82. The van der Waals surface area contributed by atoms with E-state index >= 15 is 0 Å². The SMILES string of the molecule is COc1ccc(C(=O)C(CC(=O)c2ccc(F)cc2)C(=O)N2CCOCC2)cc1OC. The fraction of sp³-hybridized carbons (Fsp3) is 0.348. The number of ether oxygens (including phenoxy) is 3. The highest BCUT2D eigenvalue weighted by Crippen LogP contribution is 2.29. The van der Waals surface area contributed by atoms with Gasteiger partial charge in [-0.1, -0.05) is 0 Å². The van der Waals surface area contributed by atoms with Crippen LogP contribution in [0.5, 0.6) is 11.5 Å². The summed E-state index contributed by atoms with van der Waals surface area (Å²) in [6, 6.07) is 9.62. The summed E-state index contributed by atoms with van der Waals surface area (Å²) in [6.07, 6.45) is -0.324. The maximum absolute atomic E-state index is 13.3. The zero-order chi connectivity index (χ0) is 22.4. The fourth-order valence-electron chi connectivity index (χ4n) is 3.43. The molecule has 1 atom stereocenters. The summed E-state index contributed by atoms with van der Waals surface area (Å²) in [5.41, 5.74) is 0.470. The molecule has 0 aliphatic carbocycles. The topological polar surface area (TPSA) is 82.1 Å². The van der Waals surface area contributed by atoms with E-state index in [1.54, 1.807) is 6.07 Å². The number of carbonyl (C=O) groups excluding carboxylic acids is 3. The molecule has 0 spiro atoms. The molecule has 1 aliphatic heterocycles. The van der Waals surface area contributed by atoms with Gasteiger partial charge in [0.25, 0.3) is 0 Å². The van der Waals surface area contributed by atoms with E-state index < -0.39 is 29.2 Å². The third kappa shape index (κ3) is 5.27. The van der Waals surface area contributed by atoms with Crippen molar-refractivity contribution in [3.63, 3.8) is 0 Å². The minimum atomic E-state index is -1.21. The van der Waals surface area contributed by atoms with Crippen molar-refractivity contribution in [2.75, 3.05) is 40.5 Å². The number of rotatable bonds is 8. The number of ketones is 2. The third-order valence-electron chi connectivity index (χ3n) is 5.16. The van der Waals surface area contributed by atoms with Crippen molar-refractivity contribution >= 4 is 17.5 Å². The molecule has 1 saturated heterocycles. The van der Waals surface area contributed by atoms with E-state index in [0.717, 1.165) is 0 Å². The fourth-order valence-corrected chi connectivity index (χ4v) is 3.43. The van der Waals surface area contributed by atoms with Crippen molar-refractivity contribution in [2.45, 2.75) is 6.42 Å². The normalized spacial score (nSPS) is 14.6. The van der Waals surface area contributed by atoms with E-state index in [1.807, 2.05) is 0 Å². The predicted octanol–water partition coefficient (Wildman–Crippen LogP) is 2.77. The first-order chi connectivity index (χ1) is 14.9. The molecule has 0 saturated carbocycles. The van der Waals surface area contributed by atoms with Crippen molar-refractivity contribution in [1.29, 1.82) is 0 Å². The Hall–Kier alpha value is -3.26. The number of carbonyl (C=O) groups is 3. The summed E-state index contributed by atoms with van der Waals surface area (Å²) in [5, 5.41) is 0. The number of benzene rings is 2. The lowest BCUT2D eigenvalue weighted by atomic mass is 9.89.